The highest BCUT2D eigenvalue weighted by Gasteiger charge is 2.37. The first kappa shape index (κ1) is 20.8. The van der Waals surface area contributed by atoms with Crippen LogP contribution in [-0.4, -0.2) is 33.7 Å². The summed E-state index contributed by atoms with van der Waals surface area (Å²) in [6.45, 7) is -0.170. The topological polar surface area (TPSA) is 100 Å². The zero-order valence-corrected chi connectivity index (χ0v) is 19.3. The molecule has 1 aliphatic heterocycles. The monoisotopic (exact) mass is 483 g/mol. The lowest BCUT2D eigenvalue weighted by atomic mass is 10.1. The second-order valence-electron chi connectivity index (χ2n) is 7.45. The number of nitrogens with zero attached hydrogens (tertiary/aromatic N) is 3. The molecule has 4 aromatic rings. The van der Waals surface area contributed by atoms with Crippen LogP contribution in [-0.2, 0) is 26.9 Å². The summed E-state index contributed by atoms with van der Waals surface area (Å²) < 4.78 is 55.7. The van der Waals surface area contributed by atoms with Crippen molar-refractivity contribution >= 4 is 47.8 Å². The van der Waals surface area contributed by atoms with E-state index in [0.29, 0.717) is 10.4 Å². The Balaban J connectivity index is 1.70. The quantitative estimate of drug-likeness (QED) is 0.442. The van der Waals surface area contributed by atoms with E-state index >= 15 is 0 Å². The van der Waals surface area contributed by atoms with Crippen LogP contribution in [0.3, 0.4) is 0 Å². The van der Waals surface area contributed by atoms with E-state index in [2.05, 4.69) is 6.07 Å². The summed E-state index contributed by atoms with van der Waals surface area (Å²) in [4.78, 5) is 1.27. The largest absolute Gasteiger partial charge is 0.333 e. The molecule has 0 radical (unpaired) electrons. The maximum Gasteiger partial charge on any atom is 0.280 e. The van der Waals surface area contributed by atoms with Crippen molar-refractivity contribution in [3.63, 3.8) is 0 Å². The van der Waals surface area contributed by atoms with E-state index in [1.165, 1.54) is 21.7 Å². The first-order valence-corrected chi connectivity index (χ1v) is 13.6. The first-order valence-electron chi connectivity index (χ1n) is 9.67. The number of benzene rings is 2. The van der Waals surface area contributed by atoms with Crippen LogP contribution in [0.2, 0.25) is 0 Å². The highest BCUT2D eigenvalue weighted by atomic mass is 32.2. The molecule has 0 unspecified atom stereocenters. The predicted octanol–water partition coefficient (Wildman–Crippen LogP) is 3.76. The molecule has 5 rings (SSSR count). The average molecular weight is 484 g/mol. The Kier molecular flexibility index (Phi) is 4.67. The van der Waals surface area contributed by atoms with E-state index in [1.807, 2.05) is 24.3 Å². The lowest BCUT2D eigenvalue weighted by Gasteiger charge is -2.30. The van der Waals surface area contributed by atoms with Gasteiger partial charge >= 0.3 is 0 Å². The summed E-state index contributed by atoms with van der Waals surface area (Å²) in [5.41, 5.74) is 1.56. The number of rotatable bonds is 3. The molecule has 0 bridgehead atoms. The molecule has 0 atom stereocenters. The van der Waals surface area contributed by atoms with Gasteiger partial charge in [-0.15, -0.1) is 11.3 Å². The average Bonchev–Trinajstić information content (AvgIpc) is 3.39. The van der Waals surface area contributed by atoms with Gasteiger partial charge in [-0.05, 0) is 42.0 Å². The third kappa shape index (κ3) is 3.12. The van der Waals surface area contributed by atoms with E-state index in [1.54, 1.807) is 41.9 Å². The number of sulfonamides is 1. The lowest BCUT2D eigenvalue weighted by Crippen LogP contribution is -2.40. The normalized spacial score (nSPS) is 15.4. The Morgan fingerprint density at radius 1 is 1.06 bits per heavy atom. The van der Waals surface area contributed by atoms with Crippen molar-refractivity contribution in [3.05, 3.63) is 65.5 Å². The molecule has 0 saturated carbocycles. The minimum atomic E-state index is -4.03. The molecule has 0 N–H and O–H groups in total. The summed E-state index contributed by atoms with van der Waals surface area (Å²) in [7, 11) is -5.96. The third-order valence-corrected chi connectivity index (χ3v) is 10.2. The number of fused-ring (bicyclic) bond motifs is 2. The fourth-order valence-electron chi connectivity index (χ4n) is 3.99. The van der Waals surface area contributed by atoms with Crippen LogP contribution in [0.4, 0.5) is 5.69 Å². The molecule has 1 aliphatic rings. The van der Waals surface area contributed by atoms with Crippen molar-refractivity contribution < 1.29 is 16.8 Å². The second-order valence-corrected chi connectivity index (χ2v) is 12.4. The molecular formula is C22H17N3O4S3. The van der Waals surface area contributed by atoms with Crippen LogP contribution >= 0.6 is 11.3 Å². The Morgan fingerprint density at radius 2 is 1.84 bits per heavy atom. The molecule has 32 heavy (non-hydrogen) atoms. The van der Waals surface area contributed by atoms with Crippen molar-refractivity contribution in [1.82, 2.24) is 4.57 Å². The summed E-state index contributed by atoms with van der Waals surface area (Å²) in [5.74, 6) is -0.292. The highest BCUT2D eigenvalue weighted by molar-refractivity contribution is 7.94. The number of aromatic nitrogens is 1. The molecule has 162 valence electrons. The molecule has 0 saturated heterocycles. The van der Waals surface area contributed by atoms with Gasteiger partial charge in [-0.25, -0.2) is 8.42 Å². The minimum Gasteiger partial charge on any atom is -0.333 e. The zero-order chi connectivity index (χ0) is 22.7. The Bertz CT molecular complexity index is 1640. The van der Waals surface area contributed by atoms with E-state index in [9.17, 15) is 16.8 Å². The molecule has 2 aromatic carbocycles. The lowest BCUT2D eigenvalue weighted by molar-refractivity contribution is 0.577. The summed E-state index contributed by atoms with van der Waals surface area (Å²) in [6.07, 6.45) is 0. The van der Waals surface area contributed by atoms with Crippen LogP contribution in [0.25, 0.3) is 21.3 Å². The van der Waals surface area contributed by atoms with Crippen LogP contribution in [0.5, 0.6) is 0 Å². The number of hydrogen-bond donors (Lipinski definition) is 0. The van der Waals surface area contributed by atoms with Gasteiger partial charge < -0.3 is 4.57 Å². The van der Waals surface area contributed by atoms with Crippen molar-refractivity contribution in [2.75, 3.05) is 16.6 Å². The van der Waals surface area contributed by atoms with Gasteiger partial charge in [0.15, 0.2) is 14.9 Å². The summed E-state index contributed by atoms with van der Waals surface area (Å²) in [5, 5.41) is 9.99. The van der Waals surface area contributed by atoms with E-state index < -0.39 is 19.9 Å². The van der Waals surface area contributed by atoms with Gasteiger partial charge in [0, 0.05) is 29.4 Å². The van der Waals surface area contributed by atoms with Crippen molar-refractivity contribution in [1.29, 1.82) is 5.26 Å². The standard InChI is InChI=1S/C22H17N3O4S3/c1-24-18-5-3-2-4-15(18)13-22(24)32(28,29)25-10-11-31(26,27)21-9-6-16(12-19(21)25)20-8-7-17(14-23)30-20/h2-9,12-13H,10-11H2,1H3. The molecule has 7 nitrogen and oxygen atoms in total. The summed E-state index contributed by atoms with van der Waals surface area (Å²) >= 11 is 1.26. The number of hydrogen-bond acceptors (Lipinski definition) is 6. The van der Waals surface area contributed by atoms with Crippen molar-refractivity contribution in [2.24, 2.45) is 7.05 Å². The Hall–Kier alpha value is -3.13. The number of anilines is 1. The minimum absolute atomic E-state index is 0.00750. The molecule has 0 spiro atoms. The van der Waals surface area contributed by atoms with Gasteiger partial charge in [0.2, 0.25) is 0 Å². The number of thiophene rings is 1. The SMILES string of the molecule is Cn1c(S(=O)(=O)N2CCS(=O)(=O)c3ccc(-c4ccc(C#N)s4)cc32)cc2ccccc21. The van der Waals surface area contributed by atoms with Crippen LogP contribution in [0, 0.1) is 11.3 Å². The summed E-state index contributed by atoms with van der Waals surface area (Å²) in [6, 6.07) is 19.2. The maximum absolute atomic E-state index is 13.7. The van der Waals surface area contributed by atoms with Gasteiger partial charge in [-0.1, -0.05) is 24.3 Å². The van der Waals surface area contributed by atoms with Crippen LogP contribution < -0.4 is 4.31 Å². The fourth-order valence-corrected chi connectivity index (χ4v) is 8.06. The number of para-hydroxylation sites is 1. The van der Waals surface area contributed by atoms with E-state index in [0.717, 1.165) is 15.8 Å². The van der Waals surface area contributed by atoms with Gasteiger partial charge in [0.1, 0.15) is 10.9 Å². The van der Waals surface area contributed by atoms with E-state index in [-0.39, 0.29) is 27.9 Å². The van der Waals surface area contributed by atoms with Gasteiger partial charge in [0.05, 0.1) is 16.3 Å². The molecule has 2 aromatic heterocycles. The van der Waals surface area contributed by atoms with Crippen LogP contribution in [0.1, 0.15) is 4.88 Å². The molecule has 0 amide bonds. The number of aryl methyl sites for hydroxylation is 1. The molecule has 0 aliphatic carbocycles. The second kappa shape index (κ2) is 7.20. The van der Waals surface area contributed by atoms with Crippen LogP contribution in [0.15, 0.2) is 70.6 Å². The molecule has 0 fully saturated rings. The molecule has 3 heterocycles. The molecule has 10 heteroatoms. The van der Waals surface area contributed by atoms with Gasteiger partial charge in [-0.2, -0.15) is 13.7 Å². The van der Waals surface area contributed by atoms with Gasteiger partial charge in [0.25, 0.3) is 10.0 Å². The van der Waals surface area contributed by atoms with E-state index in [4.69, 9.17) is 5.26 Å². The highest BCUT2D eigenvalue weighted by Crippen LogP contribution is 2.39. The third-order valence-electron chi connectivity index (χ3n) is 5.59. The predicted molar refractivity (Wildman–Crippen MR) is 124 cm³/mol. The maximum atomic E-state index is 13.7. The molecular weight excluding hydrogens is 466 g/mol. The van der Waals surface area contributed by atoms with Crippen molar-refractivity contribution in [3.8, 4) is 16.5 Å². The van der Waals surface area contributed by atoms with Gasteiger partial charge in [-0.3, -0.25) is 4.31 Å². The fraction of sp³-hybridized carbons (Fsp3) is 0.136. The smallest absolute Gasteiger partial charge is 0.280 e. The number of sulfone groups is 1. The number of nitriles is 1. The Morgan fingerprint density at radius 3 is 2.56 bits per heavy atom. The Labute approximate surface area is 189 Å². The zero-order valence-electron chi connectivity index (χ0n) is 16.9. The first-order chi connectivity index (χ1) is 15.2. The van der Waals surface area contributed by atoms with Crippen molar-refractivity contribution in [2.45, 2.75) is 9.92 Å².